The molecule has 0 unspecified atom stereocenters. The zero-order valence-electron chi connectivity index (χ0n) is 11.5. The molecule has 3 aromatic rings. The first-order chi connectivity index (χ1) is 10.7. The molecule has 22 heavy (non-hydrogen) atoms. The van der Waals surface area contributed by atoms with Crippen molar-refractivity contribution in [2.45, 2.75) is 6.61 Å². The van der Waals surface area contributed by atoms with Gasteiger partial charge in [-0.25, -0.2) is 9.78 Å². The van der Waals surface area contributed by atoms with Crippen molar-refractivity contribution in [3.63, 3.8) is 0 Å². The van der Waals surface area contributed by atoms with Gasteiger partial charge in [-0.2, -0.15) is 4.73 Å². The van der Waals surface area contributed by atoms with Crippen molar-refractivity contribution in [1.82, 2.24) is 4.98 Å². The second kappa shape index (κ2) is 6.36. The van der Waals surface area contributed by atoms with Crippen molar-refractivity contribution in [3.8, 4) is 10.6 Å². The largest absolute Gasteiger partial charge is 0.618 e. The van der Waals surface area contributed by atoms with Gasteiger partial charge in [0, 0.05) is 23.1 Å². The Balaban J connectivity index is 1.67. The maximum atomic E-state index is 11.8. The molecular weight excluding hydrogens is 300 g/mol. The molecule has 3 rings (SSSR count). The Morgan fingerprint density at radius 1 is 1.18 bits per heavy atom. The van der Waals surface area contributed by atoms with E-state index in [9.17, 15) is 10.0 Å². The Labute approximate surface area is 131 Å². The highest BCUT2D eigenvalue weighted by atomic mass is 32.1. The first-order valence-electron chi connectivity index (χ1n) is 6.59. The molecule has 0 amide bonds. The Kier molecular flexibility index (Phi) is 4.11. The highest BCUT2D eigenvalue weighted by Gasteiger charge is 2.17. The second-order valence-electron chi connectivity index (χ2n) is 4.50. The van der Waals surface area contributed by atoms with Gasteiger partial charge >= 0.3 is 11.7 Å². The van der Waals surface area contributed by atoms with E-state index in [1.54, 1.807) is 12.1 Å². The first kappa shape index (κ1) is 14.2. The SMILES string of the molecule is O=C(OCc1csc(-c2ccccc2)n1)c1cccc[n+]1[O-]. The van der Waals surface area contributed by atoms with Gasteiger partial charge in [-0.1, -0.05) is 30.3 Å². The molecule has 0 radical (unpaired) electrons. The minimum Gasteiger partial charge on any atom is -0.618 e. The molecular formula is C16H12N2O3S. The van der Waals surface area contributed by atoms with Crippen molar-refractivity contribution in [3.05, 3.63) is 76.7 Å². The molecule has 0 N–H and O–H groups in total. The van der Waals surface area contributed by atoms with Crippen LogP contribution in [0, 0.1) is 5.21 Å². The molecule has 0 spiro atoms. The number of aromatic nitrogens is 2. The van der Waals surface area contributed by atoms with Crippen LogP contribution in [0.5, 0.6) is 0 Å². The summed E-state index contributed by atoms with van der Waals surface area (Å²) in [5.74, 6) is -0.662. The standard InChI is InChI=1S/C16H12N2O3S/c19-16(14-8-4-5-9-18(14)20)21-10-13-11-22-15(17-13)12-6-2-1-3-7-12/h1-9,11H,10H2. The van der Waals surface area contributed by atoms with E-state index >= 15 is 0 Å². The van der Waals surface area contributed by atoms with Crippen molar-refractivity contribution in [2.75, 3.05) is 0 Å². The van der Waals surface area contributed by atoms with Gasteiger partial charge in [-0.3, -0.25) is 0 Å². The molecule has 0 aliphatic carbocycles. The van der Waals surface area contributed by atoms with E-state index in [0.29, 0.717) is 10.4 Å². The molecule has 110 valence electrons. The molecule has 0 atom stereocenters. The summed E-state index contributed by atoms with van der Waals surface area (Å²) >= 11 is 1.48. The molecule has 0 fully saturated rings. The highest BCUT2D eigenvalue weighted by Crippen LogP contribution is 2.23. The van der Waals surface area contributed by atoms with Crippen molar-refractivity contribution in [1.29, 1.82) is 0 Å². The van der Waals surface area contributed by atoms with E-state index in [0.717, 1.165) is 10.6 Å². The molecule has 2 aromatic heterocycles. The van der Waals surface area contributed by atoms with Crippen LogP contribution in [0.2, 0.25) is 0 Å². The van der Waals surface area contributed by atoms with Gasteiger partial charge < -0.3 is 9.94 Å². The van der Waals surface area contributed by atoms with Crippen LogP contribution >= 0.6 is 11.3 Å². The summed E-state index contributed by atoms with van der Waals surface area (Å²) < 4.78 is 5.61. The summed E-state index contributed by atoms with van der Waals surface area (Å²) in [7, 11) is 0. The lowest BCUT2D eigenvalue weighted by Crippen LogP contribution is -2.34. The number of hydrogen-bond acceptors (Lipinski definition) is 5. The Morgan fingerprint density at radius 2 is 1.95 bits per heavy atom. The van der Waals surface area contributed by atoms with Crippen LogP contribution in [0.15, 0.2) is 60.1 Å². The van der Waals surface area contributed by atoms with Crippen LogP contribution in [0.3, 0.4) is 0 Å². The van der Waals surface area contributed by atoms with E-state index in [1.165, 1.54) is 23.6 Å². The number of nitrogens with zero attached hydrogens (tertiary/aromatic N) is 2. The normalized spacial score (nSPS) is 10.4. The van der Waals surface area contributed by atoms with Gasteiger partial charge in [0.15, 0.2) is 6.20 Å². The number of ether oxygens (including phenoxy) is 1. The molecule has 0 aliphatic heterocycles. The fourth-order valence-electron chi connectivity index (χ4n) is 1.89. The summed E-state index contributed by atoms with van der Waals surface area (Å²) in [5.41, 5.74) is 1.64. The van der Waals surface area contributed by atoms with E-state index in [-0.39, 0.29) is 12.3 Å². The van der Waals surface area contributed by atoms with Gasteiger partial charge in [0.1, 0.15) is 11.6 Å². The summed E-state index contributed by atoms with van der Waals surface area (Å²) in [5, 5.41) is 14.2. The fourth-order valence-corrected chi connectivity index (χ4v) is 2.70. The lowest BCUT2D eigenvalue weighted by molar-refractivity contribution is -0.608. The lowest BCUT2D eigenvalue weighted by atomic mass is 10.2. The predicted octanol–water partition coefficient (Wildman–Crippen LogP) is 2.80. The number of hydrogen-bond donors (Lipinski definition) is 0. The summed E-state index contributed by atoms with van der Waals surface area (Å²) in [4.78, 5) is 16.3. The number of benzene rings is 1. The van der Waals surface area contributed by atoms with Crippen molar-refractivity contribution in [2.24, 2.45) is 0 Å². The highest BCUT2D eigenvalue weighted by molar-refractivity contribution is 7.13. The van der Waals surface area contributed by atoms with Crippen LogP contribution in [0.4, 0.5) is 0 Å². The van der Waals surface area contributed by atoms with Crippen LogP contribution in [0.25, 0.3) is 10.6 Å². The zero-order chi connectivity index (χ0) is 15.4. The molecule has 1 aromatic carbocycles. The minimum absolute atomic E-state index is 0.0388. The van der Waals surface area contributed by atoms with Crippen molar-refractivity contribution < 1.29 is 14.3 Å². The van der Waals surface area contributed by atoms with Gasteiger partial charge in [0.25, 0.3) is 0 Å². The Morgan fingerprint density at radius 3 is 2.73 bits per heavy atom. The number of carbonyl (C=O) groups excluding carboxylic acids is 1. The quantitative estimate of drug-likeness (QED) is 0.422. The third-order valence-corrected chi connectivity index (χ3v) is 3.90. The van der Waals surface area contributed by atoms with Crippen molar-refractivity contribution >= 4 is 17.3 Å². The van der Waals surface area contributed by atoms with Crippen LogP contribution < -0.4 is 4.73 Å². The monoisotopic (exact) mass is 312 g/mol. The number of thiazole rings is 1. The maximum absolute atomic E-state index is 11.8. The fraction of sp³-hybridized carbons (Fsp3) is 0.0625. The molecule has 2 heterocycles. The number of pyridine rings is 1. The molecule has 0 saturated heterocycles. The Bertz CT molecular complexity index is 787. The topological polar surface area (TPSA) is 66.1 Å². The summed E-state index contributed by atoms with van der Waals surface area (Å²) in [6, 6.07) is 14.4. The van der Waals surface area contributed by atoms with Gasteiger partial charge in [-0.15, -0.1) is 11.3 Å². The van der Waals surface area contributed by atoms with E-state index in [1.807, 2.05) is 35.7 Å². The smallest absolute Gasteiger partial charge is 0.405 e. The number of esters is 1. The summed E-state index contributed by atoms with van der Waals surface area (Å²) in [6.07, 6.45) is 1.26. The zero-order valence-corrected chi connectivity index (χ0v) is 12.3. The minimum atomic E-state index is -0.662. The Hall–Kier alpha value is -2.73. The second-order valence-corrected chi connectivity index (χ2v) is 5.36. The first-order valence-corrected chi connectivity index (χ1v) is 7.47. The average molecular weight is 312 g/mol. The average Bonchev–Trinajstić information content (AvgIpc) is 3.03. The van der Waals surface area contributed by atoms with Crippen LogP contribution in [0.1, 0.15) is 16.2 Å². The molecule has 0 bridgehead atoms. The van der Waals surface area contributed by atoms with E-state index in [2.05, 4.69) is 4.98 Å². The molecule has 0 aliphatic rings. The summed E-state index contributed by atoms with van der Waals surface area (Å²) in [6.45, 7) is 0.0388. The van der Waals surface area contributed by atoms with E-state index in [4.69, 9.17) is 4.74 Å². The van der Waals surface area contributed by atoms with Crippen LogP contribution in [-0.4, -0.2) is 11.0 Å². The third kappa shape index (κ3) is 3.12. The third-order valence-electron chi connectivity index (χ3n) is 2.96. The van der Waals surface area contributed by atoms with Gasteiger partial charge in [-0.05, 0) is 6.07 Å². The molecule has 6 heteroatoms. The predicted molar refractivity (Wildman–Crippen MR) is 82.1 cm³/mol. The number of carbonyl (C=O) groups is 1. The molecule has 5 nitrogen and oxygen atoms in total. The maximum Gasteiger partial charge on any atom is 0.405 e. The van der Waals surface area contributed by atoms with Gasteiger partial charge in [0.2, 0.25) is 0 Å². The number of rotatable bonds is 4. The van der Waals surface area contributed by atoms with E-state index < -0.39 is 5.97 Å². The van der Waals surface area contributed by atoms with Gasteiger partial charge in [0.05, 0.1) is 5.69 Å². The van der Waals surface area contributed by atoms with Crippen LogP contribution in [-0.2, 0) is 11.3 Å². The molecule has 0 saturated carbocycles. The lowest BCUT2D eigenvalue weighted by Gasteiger charge is -2.03.